The van der Waals surface area contributed by atoms with E-state index in [1.165, 1.54) is 33.5 Å². The molecule has 7 nitrogen and oxygen atoms in total. The molecular formula is C25H20ClNO6. The van der Waals surface area contributed by atoms with Crippen molar-refractivity contribution in [3.8, 4) is 28.4 Å². The SMILES string of the molecule is COc1cc(C(=O)Nc2oc3ccc(Cl)cc3c(=O)c2-c2ccccc2)cc(OC)c1OC. The normalized spacial score (nSPS) is 10.7. The Labute approximate surface area is 194 Å². The lowest BCUT2D eigenvalue weighted by Gasteiger charge is -2.15. The summed E-state index contributed by atoms with van der Waals surface area (Å²) in [5, 5.41) is 3.44. The minimum absolute atomic E-state index is 0.0137. The van der Waals surface area contributed by atoms with Gasteiger partial charge in [0.1, 0.15) is 5.58 Å². The van der Waals surface area contributed by atoms with E-state index in [2.05, 4.69) is 5.32 Å². The van der Waals surface area contributed by atoms with E-state index >= 15 is 0 Å². The minimum Gasteiger partial charge on any atom is -0.493 e. The van der Waals surface area contributed by atoms with Crippen LogP contribution in [0.4, 0.5) is 5.88 Å². The maximum Gasteiger partial charge on any atom is 0.258 e. The maximum atomic E-state index is 13.4. The topological polar surface area (TPSA) is 87.0 Å². The van der Waals surface area contributed by atoms with Crippen LogP contribution in [-0.2, 0) is 0 Å². The fraction of sp³-hybridized carbons (Fsp3) is 0.120. The number of anilines is 1. The number of hydrogen-bond acceptors (Lipinski definition) is 6. The van der Waals surface area contributed by atoms with Gasteiger partial charge in [-0.1, -0.05) is 41.9 Å². The third kappa shape index (κ3) is 4.23. The molecule has 0 aliphatic rings. The van der Waals surface area contributed by atoms with Crippen LogP contribution in [0, 0.1) is 0 Å². The summed E-state index contributed by atoms with van der Waals surface area (Å²) in [6.07, 6.45) is 0. The standard InChI is InChI=1S/C25H20ClNO6/c1-30-19-11-15(12-20(31-2)23(19)32-3)24(29)27-25-21(14-7-5-4-6-8-14)22(28)17-13-16(26)9-10-18(17)33-25/h4-13H,1-3H3,(H,27,29). The molecule has 4 aromatic rings. The van der Waals surface area contributed by atoms with Gasteiger partial charge in [-0.3, -0.25) is 14.9 Å². The summed E-state index contributed by atoms with van der Waals surface area (Å²) in [5.41, 5.74) is 1.01. The summed E-state index contributed by atoms with van der Waals surface area (Å²) in [7, 11) is 4.39. The third-order valence-electron chi connectivity index (χ3n) is 5.07. The highest BCUT2D eigenvalue weighted by Crippen LogP contribution is 2.38. The number of halogens is 1. The van der Waals surface area contributed by atoms with Gasteiger partial charge in [-0.25, -0.2) is 0 Å². The first kappa shape index (κ1) is 22.2. The molecule has 0 radical (unpaired) electrons. The van der Waals surface area contributed by atoms with Gasteiger partial charge >= 0.3 is 0 Å². The summed E-state index contributed by atoms with van der Waals surface area (Å²) in [6, 6.07) is 16.7. The van der Waals surface area contributed by atoms with Gasteiger partial charge in [0.2, 0.25) is 17.1 Å². The van der Waals surface area contributed by atoms with Gasteiger partial charge in [0.05, 0.1) is 32.3 Å². The van der Waals surface area contributed by atoms with Gasteiger partial charge in [-0.05, 0) is 35.9 Å². The lowest BCUT2D eigenvalue weighted by atomic mass is 10.0. The highest BCUT2D eigenvalue weighted by Gasteiger charge is 2.21. The third-order valence-corrected chi connectivity index (χ3v) is 5.30. The molecule has 0 atom stereocenters. The Morgan fingerprint density at radius 2 is 1.58 bits per heavy atom. The molecule has 8 heteroatoms. The zero-order valence-corrected chi connectivity index (χ0v) is 18.9. The fourth-order valence-corrected chi connectivity index (χ4v) is 3.68. The molecule has 0 spiro atoms. The summed E-state index contributed by atoms with van der Waals surface area (Å²) in [6.45, 7) is 0. The van der Waals surface area contributed by atoms with E-state index in [0.29, 0.717) is 38.8 Å². The number of hydrogen-bond donors (Lipinski definition) is 1. The van der Waals surface area contributed by atoms with Crippen LogP contribution in [0.2, 0.25) is 5.02 Å². The molecule has 168 valence electrons. The Morgan fingerprint density at radius 3 is 2.18 bits per heavy atom. The number of carbonyl (C=O) groups is 1. The predicted molar refractivity (Wildman–Crippen MR) is 127 cm³/mol. The van der Waals surface area contributed by atoms with Crippen LogP contribution in [0.1, 0.15) is 10.4 Å². The molecule has 1 amide bonds. The van der Waals surface area contributed by atoms with Crippen LogP contribution in [0.15, 0.2) is 69.9 Å². The number of carbonyl (C=O) groups excluding carboxylic acids is 1. The van der Waals surface area contributed by atoms with Gasteiger partial charge in [0.25, 0.3) is 5.91 Å². The summed E-state index contributed by atoms with van der Waals surface area (Å²) in [5.74, 6) is 0.484. The Hall–Kier alpha value is -3.97. The molecule has 0 aliphatic carbocycles. The lowest BCUT2D eigenvalue weighted by Crippen LogP contribution is -2.17. The van der Waals surface area contributed by atoms with E-state index in [1.54, 1.807) is 42.5 Å². The van der Waals surface area contributed by atoms with E-state index in [0.717, 1.165) is 0 Å². The molecule has 0 unspecified atom stereocenters. The second-order valence-electron chi connectivity index (χ2n) is 7.01. The molecule has 0 bridgehead atoms. The molecule has 0 saturated heterocycles. The summed E-state index contributed by atoms with van der Waals surface area (Å²) in [4.78, 5) is 26.6. The Bertz CT molecular complexity index is 1370. The number of rotatable bonds is 6. The number of amides is 1. The average Bonchev–Trinajstić information content (AvgIpc) is 2.84. The van der Waals surface area contributed by atoms with Crippen LogP contribution >= 0.6 is 11.6 Å². The van der Waals surface area contributed by atoms with Crippen molar-refractivity contribution in [2.24, 2.45) is 0 Å². The molecule has 0 aliphatic heterocycles. The van der Waals surface area contributed by atoms with Crippen LogP contribution in [0.3, 0.4) is 0 Å². The zero-order valence-electron chi connectivity index (χ0n) is 18.1. The van der Waals surface area contributed by atoms with Crippen LogP contribution in [0.5, 0.6) is 17.2 Å². The Kier molecular flexibility index (Phi) is 6.24. The van der Waals surface area contributed by atoms with E-state index in [1.807, 2.05) is 6.07 Å². The van der Waals surface area contributed by atoms with Crippen molar-refractivity contribution in [2.75, 3.05) is 26.6 Å². The number of nitrogens with one attached hydrogen (secondary N) is 1. The fourth-order valence-electron chi connectivity index (χ4n) is 3.51. The van der Waals surface area contributed by atoms with E-state index in [-0.39, 0.29) is 22.4 Å². The number of benzene rings is 3. The van der Waals surface area contributed by atoms with Crippen LogP contribution in [-0.4, -0.2) is 27.2 Å². The van der Waals surface area contributed by atoms with Crippen molar-refractivity contribution in [1.82, 2.24) is 0 Å². The van der Waals surface area contributed by atoms with Gasteiger partial charge in [0.15, 0.2) is 11.5 Å². The van der Waals surface area contributed by atoms with E-state index < -0.39 is 5.91 Å². The second-order valence-corrected chi connectivity index (χ2v) is 7.45. The van der Waals surface area contributed by atoms with Crippen molar-refractivity contribution in [3.05, 3.63) is 81.5 Å². The molecular weight excluding hydrogens is 446 g/mol. The van der Waals surface area contributed by atoms with Gasteiger partial charge in [0, 0.05) is 10.6 Å². The van der Waals surface area contributed by atoms with Crippen LogP contribution < -0.4 is 25.0 Å². The smallest absolute Gasteiger partial charge is 0.258 e. The predicted octanol–water partition coefficient (Wildman–Crippen LogP) is 5.39. The Balaban J connectivity index is 1.86. The quantitative estimate of drug-likeness (QED) is 0.410. The summed E-state index contributed by atoms with van der Waals surface area (Å²) >= 11 is 6.09. The monoisotopic (exact) mass is 465 g/mol. The molecule has 4 rings (SSSR count). The van der Waals surface area contributed by atoms with Gasteiger partial charge in [-0.15, -0.1) is 0 Å². The van der Waals surface area contributed by atoms with Crippen LogP contribution in [0.25, 0.3) is 22.1 Å². The molecule has 0 fully saturated rings. The van der Waals surface area contributed by atoms with Crippen molar-refractivity contribution in [1.29, 1.82) is 0 Å². The Morgan fingerprint density at radius 1 is 0.909 bits per heavy atom. The average molecular weight is 466 g/mol. The number of fused-ring (bicyclic) bond motifs is 1. The minimum atomic E-state index is -0.525. The first-order chi connectivity index (χ1) is 16.0. The summed E-state index contributed by atoms with van der Waals surface area (Å²) < 4.78 is 21.9. The number of ether oxygens (including phenoxy) is 3. The molecule has 1 heterocycles. The van der Waals surface area contributed by atoms with Gasteiger partial charge < -0.3 is 18.6 Å². The zero-order chi connectivity index (χ0) is 23.5. The molecule has 1 aromatic heterocycles. The maximum absolute atomic E-state index is 13.4. The molecule has 0 saturated carbocycles. The number of methoxy groups -OCH3 is 3. The second kappa shape index (κ2) is 9.26. The van der Waals surface area contributed by atoms with Crippen molar-refractivity contribution in [3.63, 3.8) is 0 Å². The first-order valence-corrected chi connectivity index (χ1v) is 10.3. The molecule has 33 heavy (non-hydrogen) atoms. The molecule has 3 aromatic carbocycles. The van der Waals surface area contributed by atoms with Gasteiger partial charge in [-0.2, -0.15) is 0 Å². The van der Waals surface area contributed by atoms with Crippen molar-refractivity contribution < 1.29 is 23.4 Å². The largest absolute Gasteiger partial charge is 0.493 e. The lowest BCUT2D eigenvalue weighted by molar-refractivity contribution is 0.102. The van der Waals surface area contributed by atoms with E-state index in [9.17, 15) is 9.59 Å². The highest BCUT2D eigenvalue weighted by atomic mass is 35.5. The van der Waals surface area contributed by atoms with Crippen molar-refractivity contribution in [2.45, 2.75) is 0 Å². The van der Waals surface area contributed by atoms with Crippen molar-refractivity contribution >= 4 is 34.4 Å². The molecule has 1 N–H and O–H groups in total. The van der Waals surface area contributed by atoms with E-state index in [4.69, 9.17) is 30.2 Å². The first-order valence-electron chi connectivity index (χ1n) is 9.90. The highest BCUT2D eigenvalue weighted by molar-refractivity contribution is 6.31.